The van der Waals surface area contributed by atoms with Crippen molar-refractivity contribution in [2.75, 3.05) is 31.1 Å². The van der Waals surface area contributed by atoms with Gasteiger partial charge in [0.1, 0.15) is 11.9 Å². The molecular weight excluding hydrogens is 488 g/mol. The van der Waals surface area contributed by atoms with Crippen LogP contribution in [0.5, 0.6) is 0 Å². The fourth-order valence-corrected chi connectivity index (χ4v) is 5.59. The highest BCUT2D eigenvalue weighted by molar-refractivity contribution is 5.93. The smallest absolute Gasteiger partial charge is 0.298 e. The molecule has 9 heteroatoms. The summed E-state index contributed by atoms with van der Waals surface area (Å²) in [6, 6.07) is 8.35. The molecule has 0 unspecified atom stereocenters. The van der Waals surface area contributed by atoms with E-state index in [4.69, 9.17) is 4.98 Å². The first-order valence-corrected chi connectivity index (χ1v) is 13.5. The van der Waals surface area contributed by atoms with E-state index in [1.807, 2.05) is 48.9 Å². The van der Waals surface area contributed by atoms with Gasteiger partial charge in [0.05, 0.1) is 23.5 Å². The van der Waals surface area contributed by atoms with E-state index in [1.54, 1.807) is 15.4 Å². The van der Waals surface area contributed by atoms with Crippen LogP contribution in [0.2, 0.25) is 0 Å². The average Bonchev–Trinajstić information content (AvgIpc) is 3.74. The van der Waals surface area contributed by atoms with Crippen LogP contribution in [-0.4, -0.2) is 61.4 Å². The number of pyridine rings is 2. The summed E-state index contributed by atoms with van der Waals surface area (Å²) in [6.45, 7) is 2.69. The summed E-state index contributed by atoms with van der Waals surface area (Å²) in [5.41, 5.74) is 4.97. The molecule has 2 aliphatic rings. The number of anilines is 1. The molecule has 196 valence electrons. The van der Waals surface area contributed by atoms with Crippen LogP contribution in [0.3, 0.4) is 0 Å². The van der Waals surface area contributed by atoms with Gasteiger partial charge >= 0.3 is 0 Å². The Kier molecular flexibility index (Phi) is 6.73. The van der Waals surface area contributed by atoms with Crippen molar-refractivity contribution in [3.05, 3.63) is 54.7 Å². The SMILES string of the molecule is Cn1cc(-c2cc(-c3ccc(N4CCN(C(=O)C#CCC5CCCC5)CC4)nc3)c3c(C#N)cnn3c2)cn1. The van der Waals surface area contributed by atoms with Crippen LogP contribution >= 0.6 is 0 Å². The Bertz CT molecular complexity index is 1600. The summed E-state index contributed by atoms with van der Waals surface area (Å²) in [5.74, 6) is 7.46. The third-order valence-electron chi connectivity index (χ3n) is 7.78. The highest BCUT2D eigenvalue weighted by Crippen LogP contribution is 2.32. The van der Waals surface area contributed by atoms with E-state index in [0.717, 1.165) is 40.0 Å². The lowest BCUT2D eigenvalue weighted by Crippen LogP contribution is -2.48. The van der Waals surface area contributed by atoms with Gasteiger partial charge in [0.2, 0.25) is 0 Å². The number of carbonyl (C=O) groups excluding carboxylic acids is 1. The molecule has 0 spiro atoms. The minimum absolute atomic E-state index is 0.0671. The van der Waals surface area contributed by atoms with Crippen LogP contribution in [-0.2, 0) is 11.8 Å². The lowest BCUT2D eigenvalue weighted by atomic mass is 10.0. The highest BCUT2D eigenvalue weighted by atomic mass is 16.2. The quantitative estimate of drug-likeness (QED) is 0.380. The first-order chi connectivity index (χ1) is 19.1. The number of hydrogen-bond acceptors (Lipinski definition) is 6. The Hall–Kier alpha value is -4.63. The summed E-state index contributed by atoms with van der Waals surface area (Å²) < 4.78 is 3.51. The number of amides is 1. The largest absolute Gasteiger partial charge is 0.353 e. The Labute approximate surface area is 227 Å². The molecular formula is C30H30N8O. The molecule has 4 aromatic rings. The van der Waals surface area contributed by atoms with Crippen molar-refractivity contribution in [2.24, 2.45) is 13.0 Å². The molecule has 4 aromatic heterocycles. The molecule has 1 aliphatic carbocycles. The monoisotopic (exact) mass is 518 g/mol. The molecule has 0 aromatic carbocycles. The van der Waals surface area contributed by atoms with Gasteiger partial charge in [0, 0.05) is 80.5 Å². The van der Waals surface area contributed by atoms with E-state index in [1.165, 1.54) is 25.7 Å². The van der Waals surface area contributed by atoms with Crippen molar-refractivity contribution in [3.8, 4) is 40.2 Å². The Morgan fingerprint density at radius 1 is 1.00 bits per heavy atom. The molecule has 0 radical (unpaired) electrons. The Balaban J connectivity index is 1.17. The van der Waals surface area contributed by atoms with Gasteiger partial charge in [-0.3, -0.25) is 9.48 Å². The lowest BCUT2D eigenvalue weighted by Gasteiger charge is -2.34. The maximum atomic E-state index is 12.6. The number of piperazine rings is 1. The van der Waals surface area contributed by atoms with Crippen LogP contribution in [0, 0.1) is 29.1 Å². The molecule has 9 nitrogen and oxygen atoms in total. The van der Waals surface area contributed by atoms with Gasteiger partial charge in [-0.15, -0.1) is 0 Å². The van der Waals surface area contributed by atoms with Gasteiger partial charge in [-0.25, -0.2) is 9.50 Å². The molecule has 1 saturated heterocycles. The fourth-order valence-electron chi connectivity index (χ4n) is 5.59. The number of aryl methyl sites for hydroxylation is 1. The molecule has 6 rings (SSSR count). The zero-order valence-electron chi connectivity index (χ0n) is 22.0. The summed E-state index contributed by atoms with van der Waals surface area (Å²) >= 11 is 0. The van der Waals surface area contributed by atoms with E-state index in [2.05, 4.69) is 39.1 Å². The van der Waals surface area contributed by atoms with Crippen molar-refractivity contribution < 1.29 is 4.79 Å². The van der Waals surface area contributed by atoms with Crippen molar-refractivity contribution in [1.29, 1.82) is 5.26 Å². The molecule has 39 heavy (non-hydrogen) atoms. The third kappa shape index (κ3) is 5.08. The van der Waals surface area contributed by atoms with Crippen molar-refractivity contribution in [1.82, 2.24) is 29.3 Å². The molecule has 1 saturated carbocycles. The number of fused-ring (bicyclic) bond motifs is 1. The standard InChI is InChI=1S/C30H30N8O/c1-35-20-26(19-33-35)24-15-27(30-25(16-31)18-34-38(30)21-24)23-9-10-28(32-17-23)36-11-13-37(14-12-36)29(39)8-4-7-22-5-2-3-6-22/h9-10,15,17-22H,2-3,5-7,11-14H2,1H3. The minimum Gasteiger partial charge on any atom is -0.353 e. The van der Waals surface area contributed by atoms with Gasteiger partial charge < -0.3 is 9.80 Å². The second-order valence-corrected chi connectivity index (χ2v) is 10.3. The maximum absolute atomic E-state index is 12.6. The Morgan fingerprint density at radius 3 is 2.51 bits per heavy atom. The average molecular weight is 519 g/mol. The number of nitrogens with zero attached hydrogens (tertiary/aromatic N) is 8. The topological polar surface area (TPSA) is 95.3 Å². The summed E-state index contributed by atoms with van der Waals surface area (Å²) in [5, 5.41) is 18.4. The normalized spacial score (nSPS) is 15.8. The van der Waals surface area contributed by atoms with Gasteiger partial charge in [-0.1, -0.05) is 18.8 Å². The van der Waals surface area contributed by atoms with Gasteiger partial charge in [0.25, 0.3) is 5.91 Å². The molecule has 0 atom stereocenters. The predicted molar refractivity (Wildman–Crippen MR) is 148 cm³/mol. The Morgan fingerprint density at radius 2 is 1.82 bits per heavy atom. The molecule has 0 bridgehead atoms. The van der Waals surface area contributed by atoms with E-state index >= 15 is 0 Å². The first kappa shape index (κ1) is 24.7. The van der Waals surface area contributed by atoms with E-state index in [0.29, 0.717) is 37.7 Å². The number of hydrogen-bond donors (Lipinski definition) is 0. The zero-order chi connectivity index (χ0) is 26.8. The predicted octanol–water partition coefficient (Wildman–Crippen LogP) is 3.90. The van der Waals surface area contributed by atoms with Crippen LogP contribution in [0.25, 0.3) is 27.8 Å². The highest BCUT2D eigenvalue weighted by Gasteiger charge is 2.22. The van der Waals surface area contributed by atoms with E-state index in [-0.39, 0.29) is 5.91 Å². The molecule has 5 heterocycles. The number of carbonyl (C=O) groups is 1. The molecule has 0 N–H and O–H groups in total. The maximum Gasteiger partial charge on any atom is 0.298 e. The number of rotatable bonds is 4. The summed E-state index contributed by atoms with van der Waals surface area (Å²) in [7, 11) is 1.88. The second kappa shape index (κ2) is 10.6. The minimum atomic E-state index is -0.0671. The lowest BCUT2D eigenvalue weighted by molar-refractivity contribution is -0.125. The fraction of sp³-hybridized carbons (Fsp3) is 0.367. The van der Waals surface area contributed by atoms with Gasteiger partial charge in [0.15, 0.2) is 0 Å². The van der Waals surface area contributed by atoms with Crippen molar-refractivity contribution in [3.63, 3.8) is 0 Å². The summed E-state index contributed by atoms with van der Waals surface area (Å²) in [6.07, 6.45) is 15.0. The third-order valence-corrected chi connectivity index (χ3v) is 7.78. The second-order valence-electron chi connectivity index (χ2n) is 10.3. The van der Waals surface area contributed by atoms with Crippen molar-refractivity contribution >= 4 is 17.2 Å². The zero-order valence-corrected chi connectivity index (χ0v) is 22.0. The van der Waals surface area contributed by atoms with Gasteiger partial charge in [-0.2, -0.15) is 15.5 Å². The summed E-state index contributed by atoms with van der Waals surface area (Å²) in [4.78, 5) is 21.4. The van der Waals surface area contributed by atoms with Crippen LogP contribution < -0.4 is 4.90 Å². The van der Waals surface area contributed by atoms with Crippen LogP contribution in [0.4, 0.5) is 5.82 Å². The first-order valence-electron chi connectivity index (χ1n) is 13.5. The van der Waals surface area contributed by atoms with Crippen LogP contribution in [0.15, 0.2) is 49.2 Å². The molecule has 1 aliphatic heterocycles. The molecule has 2 fully saturated rings. The van der Waals surface area contributed by atoms with Gasteiger partial charge in [-0.05, 0) is 42.9 Å². The molecule has 1 amide bonds. The van der Waals surface area contributed by atoms with E-state index < -0.39 is 0 Å². The van der Waals surface area contributed by atoms with E-state index in [9.17, 15) is 10.1 Å². The van der Waals surface area contributed by atoms with Crippen molar-refractivity contribution in [2.45, 2.75) is 32.1 Å². The number of nitriles is 1. The van der Waals surface area contributed by atoms with Crippen LogP contribution in [0.1, 0.15) is 37.7 Å². The number of aromatic nitrogens is 5.